The van der Waals surface area contributed by atoms with Gasteiger partial charge in [0.1, 0.15) is 5.69 Å². The molecule has 0 bridgehead atoms. The van der Waals surface area contributed by atoms with E-state index < -0.39 is 0 Å². The van der Waals surface area contributed by atoms with E-state index in [0.717, 1.165) is 38.4 Å². The molecule has 26 heavy (non-hydrogen) atoms. The second-order valence-corrected chi connectivity index (χ2v) is 8.59. The molecule has 1 saturated heterocycles. The Bertz CT molecular complexity index is 930. The Kier molecular flexibility index (Phi) is 4.59. The summed E-state index contributed by atoms with van der Waals surface area (Å²) in [5.41, 5.74) is 4.47. The third kappa shape index (κ3) is 3.29. The Morgan fingerprint density at radius 2 is 1.73 bits per heavy atom. The molecule has 3 heterocycles. The van der Waals surface area contributed by atoms with E-state index in [1.807, 2.05) is 4.90 Å². The summed E-state index contributed by atoms with van der Waals surface area (Å²) in [7, 11) is 2.11. The fraction of sp³-hybridized carbons (Fsp3) is 0.381. The molecule has 1 fully saturated rings. The van der Waals surface area contributed by atoms with Gasteiger partial charge in [-0.2, -0.15) is 0 Å². The zero-order chi connectivity index (χ0) is 18.3. The third-order valence-electron chi connectivity index (χ3n) is 5.18. The first kappa shape index (κ1) is 17.3. The van der Waals surface area contributed by atoms with Gasteiger partial charge in [0, 0.05) is 37.6 Å². The van der Waals surface area contributed by atoms with Crippen LogP contribution in [0.15, 0.2) is 36.4 Å². The molecule has 4 nitrogen and oxygen atoms in total. The van der Waals surface area contributed by atoms with Crippen molar-refractivity contribution in [1.29, 1.82) is 0 Å². The highest BCUT2D eigenvalue weighted by Gasteiger charge is 2.25. The quantitative estimate of drug-likeness (QED) is 0.705. The minimum atomic E-state index is 0.159. The van der Waals surface area contributed by atoms with Crippen LogP contribution in [0.2, 0.25) is 0 Å². The number of rotatable bonds is 3. The average Bonchev–Trinajstić information content (AvgIpc) is 3.14. The first-order valence-electron chi connectivity index (χ1n) is 9.14. The molecule has 1 aromatic carbocycles. The van der Waals surface area contributed by atoms with Gasteiger partial charge >= 0.3 is 0 Å². The summed E-state index contributed by atoms with van der Waals surface area (Å²) in [6, 6.07) is 12.9. The molecule has 1 aliphatic heterocycles. The van der Waals surface area contributed by atoms with Crippen LogP contribution in [0.4, 0.5) is 0 Å². The van der Waals surface area contributed by atoms with Gasteiger partial charge in [0.15, 0.2) is 0 Å². The zero-order valence-corrected chi connectivity index (χ0v) is 16.5. The summed E-state index contributed by atoms with van der Waals surface area (Å²) in [5.74, 6) is 0.159. The number of benzene rings is 1. The van der Waals surface area contributed by atoms with E-state index in [1.165, 1.54) is 26.2 Å². The van der Waals surface area contributed by atoms with Crippen LogP contribution in [0.3, 0.4) is 0 Å². The van der Waals surface area contributed by atoms with Crippen LogP contribution < -0.4 is 0 Å². The number of piperazine rings is 1. The lowest BCUT2D eigenvalue weighted by Crippen LogP contribution is -2.47. The standard InChI is InChI=1S/C21H25N3OS/c1-15-4-6-17(7-5-15)14-24-18-12-16(2)26-20(18)13-19(24)21(25)23-10-8-22(3)9-11-23/h4-7,12-13H,8-11,14H2,1-3H3. The lowest BCUT2D eigenvalue weighted by atomic mass is 10.1. The van der Waals surface area contributed by atoms with E-state index >= 15 is 0 Å². The highest BCUT2D eigenvalue weighted by Crippen LogP contribution is 2.30. The Hall–Kier alpha value is -2.11. The summed E-state index contributed by atoms with van der Waals surface area (Å²) < 4.78 is 3.40. The summed E-state index contributed by atoms with van der Waals surface area (Å²) in [6.45, 7) is 8.45. The zero-order valence-electron chi connectivity index (χ0n) is 15.7. The highest BCUT2D eigenvalue weighted by atomic mass is 32.1. The Balaban J connectivity index is 1.70. The molecule has 1 amide bonds. The molecule has 1 aliphatic rings. The number of hydrogen-bond acceptors (Lipinski definition) is 3. The number of aryl methyl sites for hydroxylation is 2. The number of carbonyl (C=O) groups excluding carboxylic acids is 1. The van der Waals surface area contributed by atoms with Gasteiger partial charge in [0.2, 0.25) is 0 Å². The van der Waals surface area contributed by atoms with E-state index in [1.54, 1.807) is 11.3 Å². The molecule has 5 heteroatoms. The van der Waals surface area contributed by atoms with Crippen LogP contribution >= 0.6 is 11.3 Å². The molecular formula is C21H25N3OS. The van der Waals surface area contributed by atoms with E-state index in [4.69, 9.17) is 0 Å². The van der Waals surface area contributed by atoms with E-state index in [9.17, 15) is 4.79 Å². The number of carbonyl (C=O) groups is 1. The first-order chi connectivity index (χ1) is 12.5. The van der Waals surface area contributed by atoms with Crippen molar-refractivity contribution in [1.82, 2.24) is 14.4 Å². The van der Waals surface area contributed by atoms with Gasteiger partial charge in [-0.1, -0.05) is 29.8 Å². The molecule has 0 N–H and O–H groups in total. The molecule has 2 aromatic heterocycles. The van der Waals surface area contributed by atoms with Gasteiger partial charge < -0.3 is 14.4 Å². The summed E-state index contributed by atoms with van der Waals surface area (Å²) in [4.78, 5) is 18.8. The van der Waals surface area contributed by atoms with Crippen LogP contribution in [0.1, 0.15) is 26.5 Å². The average molecular weight is 368 g/mol. The van der Waals surface area contributed by atoms with Crippen LogP contribution in [0.25, 0.3) is 10.2 Å². The maximum Gasteiger partial charge on any atom is 0.270 e. The van der Waals surface area contributed by atoms with Crippen molar-refractivity contribution in [2.75, 3.05) is 33.2 Å². The molecular weight excluding hydrogens is 342 g/mol. The predicted octanol–water partition coefficient (Wildman–Crippen LogP) is 3.76. The number of thiophene rings is 1. The fourth-order valence-corrected chi connectivity index (χ4v) is 4.52. The lowest BCUT2D eigenvalue weighted by Gasteiger charge is -2.32. The molecule has 0 atom stereocenters. The minimum absolute atomic E-state index is 0.159. The maximum absolute atomic E-state index is 13.2. The molecule has 4 rings (SSSR count). The molecule has 0 saturated carbocycles. The van der Waals surface area contributed by atoms with Crippen LogP contribution in [-0.4, -0.2) is 53.5 Å². The Labute approximate surface area is 158 Å². The summed E-state index contributed by atoms with van der Waals surface area (Å²) >= 11 is 1.76. The van der Waals surface area contributed by atoms with Crippen molar-refractivity contribution in [2.45, 2.75) is 20.4 Å². The lowest BCUT2D eigenvalue weighted by molar-refractivity contribution is 0.0654. The van der Waals surface area contributed by atoms with Crippen molar-refractivity contribution in [3.63, 3.8) is 0 Å². The van der Waals surface area contributed by atoms with Gasteiger partial charge in [-0.25, -0.2) is 0 Å². The van der Waals surface area contributed by atoms with Crippen molar-refractivity contribution in [3.05, 3.63) is 58.1 Å². The number of fused-ring (bicyclic) bond motifs is 1. The second kappa shape index (κ2) is 6.89. The van der Waals surface area contributed by atoms with E-state index in [-0.39, 0.29) is 5.91 Å². The van der Waals surface area contributed by atoms with E-state index in [2.05, 4.69) is 66.8 Å². The van der Waals surface area contributed by atoms with Crippen molar-refractivity contribution < 1.29 is 4.79 Å². The number of aromatic nitrogens is 1. The molecule has 0 aliphatic carbocycles. The Morgan fingerprint density at radius 3 is 2.42 bits per heavy atom. The van der Waals surface area contributed by atoms with Gasteiger partial charge in [0.05, 0.1) is 10.2 Å². The number of amides is 1. The third-order valence-corrected chi connectivity index (χ3v) is 6.17. The largest absolute Gasteiger partial charge is 0.335 e. The van der Waals surface area contributed by atoms with Crippen molar-refractivity contribution in [2.24, 2.45) is 0 Å². The summed E-state index contributed by atoms with van der Waals surface area (Å²) in [5, 5.41) is 0. The molecule has 0 unspecified atom stereocenters. The van der Waals surface area contributed by atoms with Gasteiger partial charge in [-0.05, 0) is 38.6 Å². The smallest absolute Gasteiger partial charge is 0.270 e. The minimum Gasteiger partial charge on any atom is -0.335 e. The topological polar surface area (TPSA) is 28.5 Å². The van der Waals surface area contributed by atoms with Crippen molar-refractivity contribution >= 4 is 27.5 Å². The number of hydrogen-bond donors (Lipinski definition) is 0. The Morgan fingerprint density at radius 1 is 1.04 bits per heavy atom. The maximum atomic E-state index is 13.2. The monoisotopic (exact) mass is 367 g/mol. The number of nitrogens with zero attached hydrogens (tertiary/aromatic N) is 3. The molecule has 136 valence electrons. The van der Waals surface area contributed by atoms with Crippen LogP contribution in [0.5, 0.6) is 0 Å². The van der Waals surface area contributed by atoms with Crippen LogP contribution in [0, 0.1) is 13.8 Å². The van der Waals surface area contributed by atoms with Gasteiger partial charge in [-0.3, -0.25) is 4.79 Å². The van der Waals surface area contributed by atoms with Gasteiger partial charge in [-0.15, -0.1) is 11.3 Å². The summed E-state index contributed by atoms with van der Waals surface area (Å²) in [6.07, 6.45) is 0. The molecule has 3 aromatic rings. The van der Waals surface area contributed by atoms with Crippen molar-refractivity contribution in [3.8, 4) is 0 Å². The first-order valence-corrected chi connectivity index (χ1v) is 9.96. The van der Waals surface area contributed by atoms with Gasteiger partial charge in [0.25, 0.3) is 5.91 Å². The number of likely N-dealkylation sites (N-methyl/N-ethyl adjacent to an activating group) is 1. The highest BCUT2D eigenvalue weighted by molar-refractivity contribution is 7.19. The second-order valence-electron chi connectivity index (χ2n) is 7.30. The van der Waals surface area contributed by atoms with Crippen LogP contribution in [-0.2, 0) is 6.54 Å². The SMILES string of the molecule is Cc1ccc(Cn2c(C(=O)N3CCN(C)CC3)cc3sc(C)cc32)cc1. The fourth-order valence-electron chi connectivity index (χ4n) is 3.56. The van der Waals surface area contributed by atoms with E-state index in [0.29, 0.717) is 0 Å². The molecule has 0 radical (unpaired) electrons. The normalized spacial score (nSPS) is 15.7. The predicted molar refractivity (Wildman–Crippen MR) is 108 cm³/mol. The molecule has 0 spiro atoms.